The predicted molar refractivity (Wildman–Crippen MR) is 108 cm³/mol. The van der Waals surface area contributed by atoms with Gasteiger partial charge >= 0.3 is 0 Å². The van der Waals surface area contributed by atoms with Crippen molar-refractivity contribution in [2.45, 2.75) is 19.5 Å². The fourth-order valence-corrected chi connectivity index (χ4v) is 2.79. The second-order valence-corrected chi connectivity index (χ2v) is 6.56. The fourth-order valence-electron chi connectivity index (χ4n) is 2.59. The molecule has 0 heterocycles. The summed E-state index contributed by atoms with van der Waals surface area (Å²) in [7, 11) is 3.24. The van der Waals surface area contributed by atoms with Crippen LogP contribution < -0.4 is 10.1 Å². The first kappa shape index (κ1) is 20.5. The van der Waals surface area contributed by atoms with Gasteiger partial charge in [0.2, 0.25) is 11.8 Å². The monoisotopic (exact) mass is 386 g/mol. The van der Waals surface area contributed by atoms with Gasteiger partial charge in [-0.15, -0.1) is 0 Å². The van der Waals surface area contributed by atoms with Crippen molar-refractivity contribution in [2.75, 3.05) is 14.2 Å². The molecular weight excluding hydrogens is 364 g/mol. The Labute approximate surface area is 164 Å². The molecule has 2 amide bonds. The Hall–Kier alpha value is -2.79. The number of amides is 2. The van der Waals surface area contributed by atoms with E-state index in [0.717, 1.165) is 11.1 Å². The zero-order chi connectivity index (χ0) is 19.8. The third-order valence-corrected chi connectivity index (χ3v) is 4.22. The SMILES string of the molecule is COc1ccc(Cl)cc1CN(C)C(=O)C(C)NC(=O)/C=C/c1ccccc1. The van der Waals surface area contributed by atoms with Crippen molar-refractivity contribution < 1.29 is 14.3 Å². The third kappa shape index (κ3) is 6.15. The van der Waals surface area contributed by atoms with E-state index in [0.29, 0.717) is 17.3 Å². The molecule has 6 heteroatoms. The molecule has 1 N–H and O–H groups in total. The van der Waals surface area contributed by atoms with Crippen molar-refractivity contribution in [3.63, 3.8) is 0 Å². The van der Waals surface area contributed by atoms with Gasteiger partial charge in [0, 0.05) is 30.3 Å². The maximum Gasteiger partial charge on any atom is 0.244 e. The minimum atomic E-state index is -0.659. The Bertz CT molecular complexity index is 821. The number of hydrogen-bond donors (Lipinski definition) is 1. The Kier molecular flexibility index (Phi) is 7.44. The van der Waals surface area contributed by atoms with Crippen LogP contribution in [0.5, 0.6) is 5.75 Å². The third-order valence-electron chi connectivity index (χ3n) is 3.98. The highest BCUT2D eigenvalue weighted by Crippen LogP contribution is 2.23. The van der Waals surface area contributed by atoms with Crippen LogP contribution in [0.1, 0.15) is 18.1 Å². The molecule has 0 aromatic heterocycles. The van der Waals surface area contributed by atoms with E-state index >= 15 is 0 Å². The number of halogens is 1. The standard InChI is InChI=1S/C21H23ClN2O3/c1-15(23-20(25)12-9-16-7-5-4-6-8-16)21(26)24(2)14-17-13-18(22)10-11-19(17)27-3/h4-13,15H,14H2,1-3H3,(H,23,25)/b12-9+. The number of nitrogens with zero attached hydrogens (tertiary/aromatic N) is 1. The summed E-state index contributed by atoms with van der Waals surface area (Å²) in [5, 5.41) is 3.25. The van der Waals surface area contributed by atoms with E-state index in [4.69, 9.17) is 16.3 Å². The zero-order valence-electron chi connectivity index (χ0n) is 15.6. The number of nitrogens with one attached hydrogen (secondary N) is 1. The van der Waals surface area contributed by atoms with E-state index in [1.165, 1.54) is 11.0 Å². The molecule has 0 bridgehead atoms. The van der Waals surface area contributed by atoms with E-state index in [2.05, 4.69) is 5.32 Å². The molecule has 0 aliphatic rings. The largest absolute Gasteiger partial charge is 0.496 e. The van der Waals surface area contributed by atoms with Crippen molar-refractivity contribution in [3.05, 3.63) is 70.8 Å². The summed E-state index contributed by atoms with van der Waals surface area (Å²) in [4.78, 5) is 26.1. The van der Waals surface area contributed by atoms with E-state index in [1.807, 2.05) is 30.3 Å². The van der Waals surface area contributed by atoms with Crippen LogP contribution >= 0.6 is 11.6 Å². The molecule has 2 aromatic rings. The van der Waals surface area contributed by atoms with E-state index in [9.17, 15) is 9.59 Å². The highest BCUT2D eigenvalue weighted by molar-refractivity contribution is 6.30. The van der Waals surface area contributed by atoms with Crippen LogP contribution in [0.15, 0.2) is 54.6 Å². The number of ether oxygens (including phenoxy) is 1. The minimum absolute atomic E-state index is 0.210. The number of rotatable bonds is 7. The summed E-state index contributed by atoms with van der Waals surface area (Å²) in [6.45, 7) is 1.98. The molecule has 27 heavy (non-hydrogen) atoms. The predicted octanol–water partition coefficient (Wildman–Crippen LogP) is 3.53. The number of hydrogen-bond acceptors (Lipinski definition) is 3. The molecule has 0 saturated carbocycles. The number of likely N-dealkylation sites (N-methyl/N-ethyl adjacent to an activating group) is 1. The molecule has 0 radical (unpaired) electrons. The van der Waals surface area contributed by atoms with E-state index in [-0.39, 0.29) is 11.8 Å². The molecule has 0 aliphatic heterocycles. The molecule has 1 atom stereocenters. The lowest BCUT2D eigenvalue weighted by Crippen LogP contribution is -2.44. The minimum Gasteiger partial charge on any atom is -0.496 e. The van der Waals surface area contributed by atoms with Crippen molar-refractivity contribution >= 4 is 29.5 Å². The summed E-state index contributed by atoms with van der Waals surface area (Å²) in [5.74, 6) is 0.119. The molecule has 5 nitrogen and oxygen atoms in total. The Morgan fingerprint density at radius 2 is 1.93 bits per heavy atom. The van der Waals surface area contributed by atoms with Crippen LogP contribution in [-0.2, 0) is 16.1 Å². The average Bonchev–Trinajstić information content (AvgIpc) is 2.66. The number of benzene rings is 2. The van der Waals surface area contributed by atoms with Crippen molar-refractivity contribution in [1.82, 2.24) is 10.2 Å². The first-order valence-electron chi connectivity index (χ1n) is 8.51. The summed E-state index contributed by atoms with van der Waals surface area (Å²) >= 11 is 6.03. The Morgan fingerprint density at radius 1 is 1.22 bits per heavy atom. The quantitative estimate of drug-likeness (QED) is 0.740. The van der Waals surface area contributed by atoms with Gasteiger partial charge in [0.25, 0.3) is 0 Å². The van der Waals surface area contributed by atoms with E-state index < -0.39 is 6.04 Å². The first-order valence-corrected chi connectivity index (χ1v) is 8.89. The summed E-state index contributed by atoms with van der Waals surface area (Å²) < 4.78 is 5.30. The highest BCUT2D eigenvalue weighted by atomic mass is 35.5. The lowest BCUT2D eigenvalue weighted by Gasteiger charge is -2.23. The molecule has 0 saturated heterocycles. The molecule has 0 aliphatic carbocycles. The van der Waals surface area contributed by atoms with Gasteiger partial charge in [-0.05, 0) is 36.8 Å². The molecule has 1 unspecified atom stereocenters. The van der Waals surface area contributed by atoms with Gasteiger partial charge in [-0.25, -0.2) is 0 Å². The maximum absolute atomic E-state index is 12.6. The first-order chi connectivity index (χ1) is 12.9. The Morgan fingerprint density at radius 3 is 2.59 bits per heavy atom. The fraction of sp³-hybridized carbons (Fsp3) is 0.238. The number of methoxy groups -OCH3 is 1. The normalized spacial score (nSPS) is 11.9. The van der Waals surface area contributed by atoms with Crippen LogP contribution in [0.3, 0.4) is 0 Å². The summed E-state index contributed by atoms with van der Waals surface area (Å²) in [6, 6.07) is 14.1. The van der Waals surface area contributed by atoms with Gasteiger partial charge in [0.15, 0.2) is 0 Å². The molecule has 142 valence electrons. The lowest BCUT2D eigenvalue weighted by atomic mass is 10.1. The highest BCUT2D eigenvalue weighted by Gasteiger charge is 2.20. The van der Waals surface area contributed by atoms with Crippen LogP contribution in [-0.4, -0.2) is 36.9 Å². The molecule has 0 fully saturated rings. The molecule has 2 aromatic carbocycles. The van der Waals surface area contributed by atoms with Gasteiger partial charge in [0.1, 0.15) is 11.8 Å². The van der Waals surface area contributed by atoms with Crippen LogP contribution in [0.4, 0.5) is 0 Å². The summed E-state index contributed by atoms with van der Waals surface area (Å²) in [6.07, 6.45) is 3.12. The van der Waals surface area contributed by atoms with Gasteiger partial charge in [0.05, 0.1) is 7.11 Å². The number of carbonyl (C=O) groups is 2. The smallest absolute Gasteiger partial charge is 0.244 e. The topological polar surface area (TPSA) is 58.6 Å². The average molecular weight is 387 g/mol. The van der Waals surface area contributed by atoms with Crippen LogP contribution in [0, 0.1) is 0 Å². The van der Waals surface area contributed by atoms with Gasteiger partial charge < -0.3 is 15.0 Å². The van der Waals surface area contributed by atoms with Crippen molar-refractivity contribution in [3.8, 4) is 5.75 Å². The second-order valence-electron chi connectivity index (χ2n) is 6.12. The van der Waals surface area contributed by atoms with Crippen LogP contribution in [0.25, 0.3) is 6.08 Å². The van der Waals surface area contributed by atoms with Crippen molar-refractivity contribution in [1.29, 1.82) is 0 Å². The van der Waals surface area contributed by atoms with E-state index in [1.54, 1.807) is 45.4 Å². The lowest BCUT2D eigenvalue weighted by molar-refractivity contribution is -0.134. The summed E-state index contributed by atoms with van der Waals surface area (Å²) in [5.41, 5.74) is 1.71. The van der Waals surface area contributed by atoms with Gasteiger partial charge in [-0.2, -0.15) is 0 Å². The molecule has 0 spiro atoms. The second kappa shape index (κ2) is 9.78. The molecular formula is C21H23ClN2O3. The van der Waals surface area contributed by atoms with Crippen LogP contribution in [0.2, 0.25) is 5.02 Å². The molecule has 2 rings (SSSR count). The van der Waals surface area contributed by atoms with Gasteiger partial charge in [-0.3, -0.25) is 9.59 Å². The number of carbonyl (C=O) groups excluding carboxylic acids is 2. The Balaban J connectivity index is 1.95. The van der Waals surface area contributed by atoms with Crippen molar-refractivity contribution in [2.24, 2.45) is 0 Å². The zero-order valence-corrected chi connectivity index (χ0v) is 16.4. The van der Waals surface area contributed by atoms with Gasteiger partial charge in [-0.1, -0.05) is 41.9 Å². The maximum atomic E-state index is 12.6.